The normalized spacial score (nSPS) is 18.0. The number of hydrogen-bond acceptors (Lipinski definition) is 5. The molecule has 1 unspecified atom stereocenters. The summed E-state index contributed by atoms with van der Waals surface area (Å²) in [5.41, 5.74) is 2.69. The van der Waals surface area contributed by atoms with Crippen LogP contribution in [0, 0.1) is 5.82 Å². The summed E-state index contributed by atoms with van der Waals surface area (Å²) >= 11 is 0. The molecule has 0 amide bonds. The molecular weight excluding hydrogens is 487 g/mol. The van der Waals surface area contributed by atoms with Crippen molar-refractivity contribution in [3.05, 3.63) is 82.7 Å². The first kappa shape index (κ1) is 26.0. The molecule has 3 aromatic rings. The van der Waals surface area contributed by atoms with Gasteiger partial charge in [0.1, 0.15) is 34.9 Å². The Morgan fingerprint density at radius 2 is 1.87 bits per heavy atom. The summed E-state index contributed by atoms with van der Waals surface area (Å²) in [7, 11) is 0. The molecule has 0 saturated heterocycles. The maximum absolute atomic E-state index is 15.0. The first-order valence-electron chi connectivity index (χ1n) is 13.1. The molecule has 2 atom stereocenters. The Labute approximate surface area is 222 Å². The minimum Gasteiger partial charge on any atom is -0.492 e. The van der Waals surface area contributed by atoms with Gasteiger partial charge in [-0.25, -0.2) is 4.39 Å². The molecular formula is C31H33FO6. The predicted molar refractivity (Wildman–Crippen MR) is 141 cm³/mol. The number of benzene rings is 3. The smallest absolute Gasteiger partial charge is 0.304 e. The number of carboxylic acids is 1. The third kappa shape index (κ3) is 5.94. The molecule has 0 radical (unpaired) electrons. The zero-order chi connectivity index (χ0) is 26.9. The van der Waals surface area contributed by atoms with Gasteiger partial charge in [0.05, 0.1) is 18.6 Å². The van der Waals surface area contributed by atoms with Gasteiger partial charge in [0.25, 0.3) is 0 Å². The van der Waals surface area contributed by atoms with Gasteiger partial charge in [-0.1, -0.05) is 18.2 Å². The highest BCUT2D eigenvalue weighted by Gasteiger charge is 2.32. The van der Waals surface area contributed by atoms with Crippen LogP contribution >= 0.6 is 0 Å². The van der Waals surface area contributed by atoms with Gasteiger partial charge in [-0.3, -0.25) is 4.79 Å². The van der Waals surface area contributed by atoms with E-state index in [1.54, 1.807) is 18.2 Å². The standard InChI is InChI=1S/C31H33FO6/c1-31(2,35)15-3-4-19-5-7-21(8-6-19)37-26-14-12-25(32)30-24(26)11-13-27(30)38-22-9-10-23-20(16-29(33)34)18-36-28(23)17-22/h5-10,12,14,17,20,27,35H,3-4,11,13,15-16,18H2,1-2H3,(H,33,34)/t20?,27-/m1/s1. The van der Waals surface area contributed by atoms with Crippen LogP contribution in [0.3, 0.4) is 0 Å². The topological polar surface area (TPSA) is 85.2 Å². The fourth-order valence-electron chi connectivity index (χ4n) is 5.31. The number of ether oxygens (including phenoxy) is 3. The van der Waals surface area contributed by atoms with E-state index in [9.17, 15) is 14.3 Å². The molecule has 1 aliphatic carbocycles. The first-order chi connectivity index (χ1) is 18.2. The van der Waals surface area contributed by atoms with Gasteiger partial charge in [0, 0.05) is 28.7 Å². The van der Waals surface area contributed by atoms with Crippen molar-refractivity contribution in [3.8, 4) is 23.0 Å². The summed E-state index contributed by atoms with van der Waals surface area (Å²) in [6.45, 7) is 3.97. The van der Waals surface area contributed by atoms with E-state index in [4.69, 9.17) is 19.3 Å². The summed E-state index contributed by atoms with van der Waals surface area (Å²) in [5, 5.41) is 19.0. The molecule has 200 valence electrons. The van der Waals surface area contributed by atoms with Crippen molar-refractivity contribution >= 4 is 5.97 Å². The van der Waals surface area contributed by atoms with Gasteiger partial charge in [-0.05, 0) is 81.8 Å². The molecule has 1 aliphatic heterocycles. The lowest BCUT2D eigenvalue weighted by molar-refractivity contribution is -0.137. The third-order valence-corrected chi connectivity index (χ3v) is 7.21. The highest BCUT2D eigenvalue weighted by molar-refractivity contribution is 5.68. The van der Waals surface area contributed by atoms with E-state index >= 15 is 0 Å². The largest absolute Gasteiger partial charge is 0.492 e. The van der Waals surface area contributed by atoms with Crippen LogP contribution in [0.4, 0.5) is 4.39 Å². The monoisotopic (exact) mass is 520 g/mol. The van der Waals surface area contributed by atoms with Crippen LogP contribution in [0.5, 0.6) is 23.0 Å². The van der Waals surface area contributed by atoms with Crippen LogP contribution < -0.4 is 14.2 Å². The number of halogens is 1. The van der Waals surface area contributed by atoms with E-state index in [1.165, 1.54) is 11.6 Å². The Bertz CT molecular complexity index is 1310. The number of rotatable bonds is 10. The summed E-state index contributed by atoms with van der Waals surface area (Å²) in [6, 6.07) is 16.4. The van der Waals surface area contributed by atoms with Gasteiger partial charge < -0.3 is 24.4 Å². The molecule has 1 heterocycles. The Morgan fingerprint density at radius 3 is 2.61 bits per heavy atom. The van der Waals surface area contributed by atoms with Crippen LogP contribution in [-0.4, -0.2) is 28.4 Å². The van der Waals surface area contributed by atoms with Crippen molar-refractivity contribution in [2.24, 2.45) is 0 Å². The van der Waals surface area contributed by atoms with E-state index < -0.39 is 17.7 Å². The summed E-state index contributed by atoms with van der Waals surface area (Å²) in [6.07, 6.45) is 3.32. The van der Waals surface area contributed by atoms with Crippen LogP contribution in [-0.2, 0) is 17.6 Å². The lowest BCUT2D eigenvalue weighted by atomic mass is 9.98. The number of fused-ring (bicyclic) bond motifs is 2. The van der Waals surface area contributed by atoms with E-state index in [-0.39, 0.29) is 18.2 Å². The van der Waals surface area contributed by atoms with Crippen LogP contribution in [0.2, 0.25) is 0 Å². The molecule has 2 N–H and O–H groups in total. The Balaban J connectivity index is 1.27. The van der Waals surface area contributed by atoms with E-state index in [1.807, 2.05) is 44.2 Å². The van der Waals surface area contributed by atoms with Crippen LogP contribution in [0.25, 0.3) is 0 Å². The minimum atomic E-state index is -0.860. The predicted octanol–water partition coefficient (Wildman–Crippen LogP) is 6.73. The Kier molecular flexibility index (Phi) is 7.30. The lowest BCUT2D eigenvalue weighted by Crippen LogP contribution is -2.18. The van der Waals surface area contributed by atoms with E-state index in [0.29, 0.717) is 48.0 Å². The second-order valence-electron chi connectivity index (χ2n) is 10.8. The second kappa shape index (κ2) is 10.7. The molecule has 0 spiro atoms. The molecule has 2 aliphatic rings. The van der Waals surface area contributed by atoms with Gasteiger partial charge in [-0.15, -0.1) is 0 Å². The zero-order valence-corrected chi connectivity index (χ0v) is 21.7. The number of carboxylic acid groups (broad SMARTS) is 1. The molecule has 6 nitrogen and oxygen atoms in total. The number of hydrogen-bond donors (Lipinski definition) is 2. The van der Waals surface area contributed by atoms with Crippen LogP contribution in [0.1, 0.15) is 73.8 Å². The highest BCUT2D eigenvalue weighted by atomic mass is 19.1. The van der Waals surface area contributed by atoms with Crippen molar-refractivity contribution in [1.29, 1.82) is 0 Å². The van der Waals surface area contributed by atoms with Crippen molar-refractivity contribution < 1.29 is 33.6 Å². The van der Waals surface area contributed by atoms with Crippen LogP contribution in [0.15, 0.2) is 54.6 Å². The molecule has 5 rings (SSSR count). The third-order valence-electron chi connectivity index (χ3n) is 7.21. The number of aliphatic carboxylic acids is 1. The van der Waals surface area contributed by atoms with Gasteiger partial charge >= 0.3 is 5.97 Å². The average molecular weight is 521 g/mol. The van der Waals surface area contributed by atoms with Gasteiger partial charge in [-0.2, -0.15) is 0 Å². The maximum Gasteiger partial charge on any atom is 0.304 e. The molecule has 0 aromatic heterocycles. The summed E-state index contributed by atoms with van der Waals surface area (Å²) in [5.74, 6) is 1.12. The zero-order valence-electron chi connectivity index (χ0n) is 21.7. The SMILES string of the molecule is CC(C)(O)CCCc1ccc(Oc2ccc(F)c3c2CC[C@H]3Oc2ccc3c(c2)OCC3CC(=O)O)cc1. The first-order valence-corrected chi connectivity index (χ1v) is 13.1. The molecule has 7 heteroatoms. The second-order valence-corrected chi connectivity index (χ2v) is 10.8. The Hall–Kier alpha value is -3.58. The van der Waals surface area contributed by atoms with Crippen molar-refractivity contribution in [1.82, 2.24) is 0 Å². The van der Waals surface area contributed by atoms with E-state index in [0.717, 1.165) is 30.4 Å². The average Bonchev–Trinajstić information content (AvgIpc) is 3.46. The van der Waals surface area contributed by atoms with Crippen molar-refractivity contribution in [3.63, 3.8) is 0 Å². The summed E-state index contributed by atoms with van der Waals surface area (Å²) in [4.78, 5) is 11.1. The van der Waals surface area contributed by atoms with Gasteiger partial charge in [0.2, 0.25) is 0 Å². The van der Waals surface area contributed by atoms with Gasteiger partial charge in [0.15, 0.2) is 0 Å². The molecule has 38 heavy (non-hydrogen) atoms. The lowest BCUT2D eigenvalue weighted by Gasteiger charge is -2.17. The Morgan fingerprint density at radius 1 is 1.11 bits per heavy atom. The summed E-state index contributed by atoms with van der Waals surface area (Å²) < 4.78 is 33.0. The molecule has 0 fully saturated rings. The number of aliphatic hydroxyl groups is 1. The number of carbonyl (C=O) groups is 1. The highest BCUT2D eigenvalue weighted by Crippen LogP contribution is 2.44. The minimum absolute atomic E-state index is 0.0159. The number of aryl methyl sites for hydroxylation is 1. The van der Waals surface area contributed by atoms with Crippen molar-refractivity contribution in [2.75, 3.05) is 6.61 Å². The van der Waals surface area contributed by atoms with Crippen molar-refractivity contribution in [2.45, 2.75) is 70.0 Å². The molecule has 0 bridgehead atoms. The quantitative estimate of drug-likeness (QED) is 0.308. The molecule has 0 saturated carbocycles. The fraction of sp³-hybridized carbons (Fsp3) is 0.387. The molecule has 3 aromatic carbocycles. The fourth-order valence-corrected chi connectivity index (χ4v) is 5.31. The van der Waals surface area contributed by atoms with E-state index in [2.05, 4.69) is 0 Å². The maximum atomic E-state index is 15.0.